The van der Waals surface area contributed by atoms with Gasteiger partial charge in [-0.2, -0.15) is 0 Å². The molecule has 0 saturated carbocycles. The third kappa shape index (κ3) is 4.15. The lowest BCUT2D eigenvalue weighted by atomic mass is 10.0. The SMILES string of the molecule is CC[C@H]1CCCCN1C(=O)CSc1nc(-c2cccs2)c(-c2cccs2)[nH]1. The van der Waals surface area contributed by atoms with Gasteiger partial charge in [-0.1, -0.05) is 30.8 Å². The van der Waals surface area contributed by atoms with Crippen LogP contribution in [-0.4, -0.2) is 39.1 Å². The van der Waals surface area contributed by atoms with Crippen LogP contribution in [0.2, 0.25) is 0 Å². The molecule has 0 aliphatic carbocycles. The Bertz CT molecular complexity index is 819. The molecular formula is C20H23N3OS3. The number of amides is 1. The number of hydrogen-bond acceptors (Lipinski definition) is 5. The minimum Gasteiger partial charge on any atom is -0.339 e. The number of aromatic amines is 1. The predicted octanol–water partition coefficient (Wildman–Crippen LogP) is 5.75. The summed E-state index contributed by atoms with van der Waals surface area (Å²) in [5, 5.41) is 4.96. The summed E-state index contributed by atoms with van der Waals surface area (Å²) in [6.07, 6.45) is 4.54. The van der Waals surface area contributed by atoms with Gasteiger partial charge in [0.25, 0.3) is 0 Å². The van der Waals surface area contributed by atoms with Crippen LogP contribution in [0, 0.1) is 0 Å². The molecule has 142 valence electrons. The fraction of sp³-hybridized carbons (Fsp3) is 0.400. The van der Waals surface area contributed by atoms with Gasteiger partial charge in [0.15, 0.2) is 5.16 Å². The van der Waals surface area contributed by atoms with E-state index in [9.17, 15) is 4.79 Å². The summed E-state index contributed by atoms with van der Waals surface area (Å²) in [6.45, 7) is 3.08. The average molecular weight is 418 g/mol. The van der Waals surface area contributed by atoms with E-state index in [4.69, 9.17) is 4.98 Å². The molecule has 7 heteroatoms. The number of likely N-dealkylation sites (tertiary alicyclic amines) is 1. The normalized spacial score (nSPS) is 17.4. The van der Waals surface area contributed by atoms with Crippen molar-refractivity contribution in [3.8, 4) is 21.1 Å². The lowest BCUT2D eigenvalue weighted by molar-refractivity contribution is -0.132. The molecule has 3 aromatic rings. The standard InChI is InChI=1S/C20H23N3OS3/c1-2-14-7-3-4-10-23(14)17(24)13-27-20-21-18(15-8-5-11-25-15)19(22-20)16-9-6-12-26-16/h5-6,8-9,11-12,14H,2-4,7,10,13H2,1H3,(H,21,22)/t14-/m0/s1. The quantitative estimate of drug-likeness (QED) is 0.520. The van der Waals surface area contributed by atoms with Crippen molar-refractivity contribution in [3.63, 3.8) is 0 Å². The summed E-state index contributed by atoms with van der Waals surface area (Å²) in [6, 6.07) is 8.71. The molecule has 1 aliphatic heterocycles. The minimum absolute atomic E-state index is 0.235. The zero-order chi connectivity index (χ0) is 18.6. The van der Waals surface area contributed by atoms with E-state index in [0.717, 1.165) is 47.2 Å². The predicted molar refractivity (Wildman–Crippen MR) is 116 cm³/mol. The number of carbonyl (C=O) groups is 1. The highest BCUT2D eigenvalue weighted by Gasteiger charge is 2.25. The maximum absolute atomic E-state index is 12.8. The molecule has 0 spiro atoms. The Morgan fingerprint density at radius 3 is 2.74 bits per heavy atom. The van der Waals surface area contributed by atoms with Gasteiger partial charge < -0.3 is 9.88 Å². The summed E-state index contributed by atoms with van der Waals surface area (Å²) in [4.78, 5) is 25.4. The first-order chi connectivity index (χ1) is 13.3. The average Bonchev–Trinajstić information content (AvgIpc) is 3.46. The van der Waals surface area contributed by atoms with Crippen LogP contribution in [-0.2, 0) is 4.79 Å². The highest BCUT2D eigenvalue weighted by Crippen LogP contribution is 2.37. The third-order valence-electron chi connectivity index (χ3n) is 4.96. The number of hydrogen-bond donors (Lipinski definition) is 1. The van der Waals surface area contributed by atoms with Crippen LogP contribution in [0.25, 0.3) is 21.1 Å². The molecule has 27 heavy (non-hydrogen) atoms. The van der Waals surface area contributed by atoms with Gasteiger partial charge in [-0.15, -0.1) is 22.7 Å². The van der Waals surface area contributed by atoms with Crippen LogP contribution in [0.4, 0.5) is 0 Å². The molecule has 0 aromatic carbocycles. The lowest BCUT2D eigenvalue weighted by Crippen LogP contribution is -2.44. The van der Waals surface area contributed by atoms with E-state index in [1.54, 1.807) is 22.7 Å². The number of nitrogens with one attached hydrogen (secondary N) is 1. The Balaban J connectivity index is 1.51. The monoisotopic (exact) mass is 417 g/mol. The molecular weight excluding hydrogens is 394 g/mol. The van der Waals surface area contributed by atoms with Crippen molar-refractivity contribution in [1.82, 2.24) is 14.9 Å². The van der Waals surface area contributed by atoms with Crippen LogP contribution in [0.1, 0.15) is 32.6 Å². The number of H-pyrrole nitrogens is 1. The highest BCUT2D eigenvalue weighted by molar-refractivity contribution is 7.99. The molecule has 1 amide bonds. The second-order valence-electron chi connectivity index (χ2n) is 6.65. The topological polar surface area (TPSA) is 49.0 Å². The second kappa shape index (κ2) is 8.63. The molecule has 1 atom stereocenters. The van der Waals surface area contributed by atoms with Crippen molar-refractivity contribution >= 4 is 40.3 Å². The molecule has 1 N–H and O–H groups in total. The number of piperidine rings is 1. The van der Waals surface area contributed by atoms with Crippen LogP contribution in [0.3, 0.4) is 0 Å². The molecule has 1 fully saturated rings. The first kappa shape index (κ1) is 18.8. The summed E-state index contributed by atoms with van der Waals surface area (Å²) < 4.78 is 0. The first-order valence-electron chi connectivity index (χ1n) is 9.36. The van der Waals surface area contributed by atoms with E-state index in [1.807, 2.05) is 6.07 Å². The Morgan fingerprint density at radius 1 is 1.26 bits per heavy atom. The molecule has 4 heterocycles. The Labute approximate surface area is 172 Å². The van der Waals surface area contributed by atoms with Gasteiger partial charge in [0.1, 0.15) is 5.69 Å². The van der Waals surface area contributed by atoms with E-state index in [-0.39, 0.29) is 5.91 Å². The summed E-state index contributed by atoms with van der Waals surface area (Å²) in [5.41, 5.74) is 2.03. The van der Waals surface area contributed by atoms with Crippen molar-refractivity contribution in [1.29, 1.82) is 0 Å². The zero-order valence-corrected chi connectivity index (χ0v) is 17.8. The van der Waals surface area contributed by atoms with Crippen LogP contribution < -0.4 is 0 Å². The fourth-order valence-corrected chi connectivity index (χ4v) is 5.78. The highest BCUT2D eigenvalue weighted by atomic mass is 32.2. The van der Waals surface area contributed by atoms with Crippen LogP contribution >= 0.6 is 34.4 Å². The van der Waals surface area contributed by atoms with Gasteiger partial charge in [-0.05, 0) is 48.6 Å². The first-order valence-corrected chi connectivity index (χ1v) is 12.1. The third-order valence-corrected chi connectivity index (χ3v) is 7.58. The van der Waals surface area contributed by atoms with Gasteiger partial charge in [0, 0.05) is 12.6 Å². The van der Waals surface area contributed by atoms with E-state index in [2.05, 4.69) is 45.8 Å². The fourth-order valence-electron chi connectivity index (χ4n) is 3.58. The van der Waals surface area contributed by atoms with Gasteiger partial charge in [0.05, 0.1) is 21.2 Å². The number of aromatic nitrogens is 2. The van der Waals surface area contributed by atoms with Crippen molar-refractivity contribution in [2.75, 3.05) is 12.3 Å². The number of imidazole rings is 1. The number of carbonyl (C=O) groups excluding carboxylic acids is 1. The lowest BCUT2D eigenvalue weighted by Gasteiger charge is -2.35. The second-order valence-corrected chi connectivity index (χ2v) is 9.51. The van der Waals surface area contributed by atoms with Crippen molar-refractivity contribution in [2.24, 2.45) is 0 Å². The molecule has 0 radical (unpaired) electrons. The number of nitrogens with zero attached hydrogens (tertiary/aromatic N) is 2. The molecule has 1 aliphatic rings. The molecule has 0 unspecified atom stereocenters. The van der Waals surface area contributed by atoms with Gasteiger partial charge in [-0.25, -0.2) is 4.98 Å². The van der Waals surface area contributed by atoms with Crippen LogP contribution in [0.15, 0.2) is 40.2 Å². The van der Waals surface area contributed by atoms with Gasteiger partial charge in [-0.3, -0.25) is 4.79 Å². The maximum atomic E-state index is 12.8. The Morgan fingerprint density at radius 2 is 2.04 bits per heavy atom. The number of thiophene rings is 2. The maximum Gasteiger partial charge on any atom is 0.233 e. The summed E-state index contributed by atoms with van der Waals surface area (Å²) in [7, 11) is 0. The smallest absolute Gasteiger partial charge is 0.233 e. The van der Waals surface area contributed by atoms with Crippen molar-refractivity contribution in [2.45, 2.75) is 43.8 Å². The molecule has 3 aromatic heterocycles. The molecule has 0 bridgehead atoms. The Hall–Kier alpha value is -1.57. The largest absolute Gasteiger partial charge is 0.339 e. The van der Waals surface area contributed by atoms with Gasteiger partial charge in [0.2, 0.25) is 5.91 Å². The summed E-state index contributed by atoms with van der Waals surface area (Å²) in [5.74, 6) is 0.677. The van der Waals surface area contributed by atoms with Crippen molar-refractivity contribution < 1.29 is 4.79 Å². The zero-order valence-electron chi connectivity index (χ0n) is 15.3. The molecule has 4 nitrogen and oxygen atoms in total. The number of thioether (sulfide) groups is 1. The molecule has 1 saturated heterocycles. The van der Waals surface area contributed by atoms with E-state index in [0.29, 0.717) is 11.8 Å². The number of rotatable bonds is 6. The van der Waals surface area contributed by atoms with E-state index >= 15 is 0 Å². The van der Waals surface area contributed by atoms with E-state index in [1.165, 1.54) is 23.1 Å². The van der Waals surface area contributed by atoms with Crippen molar-refractivity contribution in [3.05, 3.63) is 35.0 Å². The van der Waals surface area contributed by atoms with Gasteiger partial charge >= 0.3 is 0 Å². The van der Waals surface area contributed by atoms with Crippen LogP contribution in [0.5, 0.6) is 0 Å². The Kier molecular flexibility index (Phi) is 6.00. The summed E-state index contributed by atoms with van der Waals surface area (Å²) >= 11 is 4.90. The minimum atomic E-state index is 0.235. The molecule has 4 rings (SSSR count). The van der Waals surface area contributed by atoms with E-state index < -0.39 is 0 Å².